The zero-order chi connectivity index (χ0) is 17.5. The Hall–Kier alpha value is -1.12. The van der Waals surface area contributed by atoms with Crippen LogP contribution in [0, 0.1) is 5.41 Å². The highest BCUT2D eigenvalue weighted by atomic mass is 16.5. The maximum atomic E-state index is 8.96. The van der Waals surface area contributed by atoms with Crippen molar-refractivity contribution in [2.24, 2.45) is 5.41 Å². The van der Waals surface area contributed by atoms with Crippen molar-refractivity contribution in [2.45, 2.75) is 66.4 Å². The van der Waals surface area contributed by atoms with Gasteiger partial charge in [-0.3, -0.25) is 0 Å². The molecule has 0 aliphatic heterocycles. The van der Waals surface area contributed by atoms with Gasteiger partial charge in [0.25, 0.3) is 0 Å². The number of methoxy groups -OCH3 is 1. The van der Waals surface area contributed by atoms with Gasteiger partial charge in [0.15, 0.2) is 0 Å². The van der Waals surface area contributed by atoms with Gasteiger partial charge in [0, 0.05) is 7.11 Å². The van der Waals surface area contributed by atoms with Gasteiger partial charge in [-0.2, -0.15) is 0 Å². The largest absolute Gasteiger partial charge is 0.392 e. The van der Waals surface area contributed by atoms with Gasteiger partial charge in [-0.25, -0.2) is 0 Å². The first-order chi connectivity index (χ1) is 10.8. The molecule has 2 nitrogen and oxygen atoms in total. The highest BCUT2D eigenvalue weighted by Crippen LogP contribution is 2.40. The van der Waals surface area contributed by atoms with Gasteiger partial charge >= 0.3 is 0 Å². The summed E-state index contributed by atoms with van der Waals surface area (Å²) in [6, 6.07) is 0. The molecular weight excluding hydrogens is 284 g/mol. The van der Waals surface area contributed by atoms with Gasteiger partial charge in [-0.1, -0.05) is 54.9 Å². The fourth-order valence-corrected chi connectivity index (χ4v) is 3.34. The average molecular weight is 319 g/mol. The molecule has 130 valence electrons. The smallest absolute Gasteiger partial charge is 0.0794 e. The zero-order valence-electron chi connectivity index (χ0n) is 15.8. The van der Waals surface area contributed by atoms with Crippen LogP contribution in [0.3, 0.4) is 0 Å². The summed E-state index contributed by atoms with van der Waals surface area (Å²) in [5.41, 5.74) is 5.66. The molecule has 1 atom stereocenters. The molecule has 0 saturated heterocycles. The van der Waals surface area contributed by atoms with E-state index in [-0.39, 0.29) is 18.1 Å². The first kappa shape index (κ1) is 19.9. The minimum Gasteiger partial charge on any atom is -0.392 e. The Kier molecular flexibility index (Phi) is 8.01. The molecule has 2 heteroatoms. The third-order valence-electron chi connectivity index (χ3n) is 4.77. The van der Waals surface area contributed by atoms with Gasteiger partial charge in [-0.05, 0) is 57.4 Å². The van der Waals surface area contributed by atoms with Gasteiger partial charge in [-0.15, -0.1) is 0 Å². The maximum Gasteiger partial charge on any atom is 0.0794 e. The summed E-state index contributed by atoms with van der Waals surface area (Å²) in [6.45, 7) is 11.2. The summed E-state index contributed by atoms with van der Waals surface area (Å²) < 4.78 is 5.55. The molecule has 1 aliphatic carbocycles. The molecule has 0 saturated carbocycles. The summed E-state index contributed by atoms with van der Waals surface area (Å²) in [4.78, 5) is 0. The molecular formula is C21H34O2. The molecule has 0 bridgehead atoms. The third kappa shape index (κ3) is 6.48. The Labute approximate surface area is 142 Å². The lowest BCUT2D eigenvalue weighted by Crippen LogP contribution is -2.19. The second kappa shape index (κ2) is 9.24. The van der Waals surface area contributed by atoms with Crippen molar-refractivity contribution in [3.05, 3.63) is 46.6 Å². The van der Waals surface area contributed by atoms with Crippen molar-refractivity contribution >= 4 is 0 Å². The lowest BCUT2D eigenvalue weighted by Gasteiger charge is -2.33. The standard InChI is InChI=1S/C21H34O2/c1-16(14-19(23-6)15-17(2)11-13-22)9-10-20-18(3)8-7-12-21(20,4)5/h9-11,14,19,22H,7-8,12-13,15H2,1-6H3/b10-9?,16-14?,17-11+. The highest BCUT2D eigenvalue weighted by molar-refractivity contribution is 5.36. The fourth-order valence-electron chi connectivity index (χ4n) is 3.34. The maximum absolute atomic E-state index is 8.96. The van der Waals surface area contributed by atoms with E-state index in [9.17, 15) is 0 Å². The van der Waals surface area contributed by atoms with E-state index >= 15 is 0 Å². The summed E-state index contributed by atoms with van der Waals surface area (Å²) in [5, 5.41) is 8.96. The number of hydrogen-bond donors (Lipinski definition) is 1. The van der Waals surface area contributed by atoms with E-state index in [0.29, 0.717) is 0 Å². The van der Waals surface area contributed by atoms with Crippen molar-refractivity contribution in [3.8, 4) is 0 Å². The Bertz CT molecular complexity index is 504. The number of ether oxygens (including phenoxy) is 1. The van der Waals surface area contributed by atoms with E-state index in [1.54, 1.807) is 7.11 Å². The molecule has 0 radical (unpaired) electrons. The van der Waals surface area contributed by atoms with E-state index in [1.807, 2.05) is 13.0 Å². The molecule has 1 rings (SSSR count). The van der Waals surface area contributed by atoms with Crippen molar-refractivity contribution in [2.75, 3.05) is 13.7 Å². The molecule has 0 aromatic carbocycles. The molecule has 1 aliphatic rings. The number of aliphatic hydroxyl groups excluding tert-OH is 1. The van der Waals surface area contributed by atoms with Gasteiger partial charge < -0.3 is 9.84 Å². The lowest BCUT2D eigenvalue weighted by molar-refractivity contribution is 0.140. The number of rotatable bonds is 7. The van der Waals surface area contributed by atoms with Crippen LogP contribution in [0.5, 0.6) is 0 Å². The molecule has 1 N–H and O–H groups in total. The third-order valence-corrected chi connectivity index (χ3v) is 4.77. The van der Waals surface area contributed by atoms with E-state index in [0.717, 1.165) is 12.0 Å². The van der Waals surface area contributed by atoms with Crippen LogP contribution >= 0.6 is 0 Å². The Morgan fingerprint density at radius 2 is 2.04 bits per heavy atom. The van der Waals surface area contributed by atoms with Crippen molar-refractivity contribution in [1.82, 2.24) is 0 Å². The predicted octanol–water partition coefficient (Wildman–Crippen LogP) is 5.36. The van der Waals surface area contributed by atoms with E-state index in [1.165, 1.54) is 36.0 Å². The van der Waals surface area contributed by atoms with Crippen LogP contribution in [-0.4, -0.2) is 24.9 Å². The number of aliphatic hydroxyl groups is 1. The molecule has 0 fully saturated rings. The SMILES string of the molecule is COC(C=C(C)C=CC1=C(C)CCCC1(C)C)C/C(C)=C/CO. The molecule has 23 heavy (non-hydrogen) atoms. The fraction of sp³-hybridized carbons (Fsp3) is 0.619. The first-order valence-corrected chi connectivity index (χ1v) is 8.66. The van der Waals surface area contributed by atoms with Crippen LogP contribution in [0.1, 0.15) is 60.3 Å². The summed E-state index contributed by atoms with van der Waals surface area (Å²) in [6.07, 6.45) is 13.2. The Morgan fingerprint density at radius 3 is 2.61 bits per heavy atom. The topological polar surface area (TPSA) is 29.5 Å². The Balaban J connectivity index is 2.83. The second-order valence-corrected chi connectivity index (χ2v) is 7.39. The zero-order valence-corrected chi connectivity index (χ0v) is 15.8. The van der Waals surface area contributed by atoms with Crippen LogP contribution in [-0.2, 0) is 4.74 Å². The minimum atomic E-state index is 0.0527. The lowest BCUT2D eigenvalue weighted by atomic mass is 9.72. The monoisotopic (exact) mass is 318 g/mol. The number of hydrogen-bond acceptors (Lipinski definition) is 2. The molecule has 0 heterocycles. The first-order valence-electron chi connectivity index (χ1n) is 8.66. The quantitative estimate of drug-likeness (QED) is 0.506. The average Bonchev–Trinajstić information content (AvgIpc) is 2.45. The molecule has 0 aromatic heterocycles. The van der Waals surface area contributed by atoms with E-state index < -0.39 is 0 Å². The normalized spacial score (nSPS) is 21.2. The number of allylic oxidation sites excluding steroid dienone is 5. The van der Waals surface area contributed by atoms with Crippen LogP contribution < -0.4 is 0 Å². The second-order valence-electron chi connectivity index (χ2n) is 7.39. The van der Waals surface area contributed by atoms with Crippen molar-refractivity contribution in [1.29, 1.82) is 0 Å². The van der Waals surface area contributed by atoms with Crippen molar-refractivity contribution in [3.63, 3.8) is 0 Å². The summed E-state index contributed by atoms with van der Waals surface area (Å²) in [5.74, 6) is 0. The predicted molar refractivity (Wildman–Crippen MR) is 99.5 cm³/mol. The van der Waals surface area contributed by atoms with Crippen LogP contribution in [0.15, 0.2) is 46.6 Å². The Morgan fingerprint density at radius 1 is 1.35 bits per heavy atom. The van der Waals surface area contributed by atoms with Crippen LogP contribution in [0.2, 0.25) is 0 Å². The van der Waals surface area contributed by atoms with Gasteiger partial charge in [0.1, 0.15) is 0 Å². The molecule has 0 amide bonds. The minimum absolute atomic E-state index is 0.0527. The van der Waals surface area contributed by atoms with Crippen LogP contribution in [0.25, 0.3) is 0 Å². The molecule has 0 aromatic rings. The van der Waals surface area contributed by atoms with Gasteiger partial charge in [0.05, 0.1) is 12.7 Å². The van der Waals surface area contributed by atoms with Crippen molar-refractivity contribution < 1.29 is 9.84 Å². The van der Waals surface area contributed by atoms with E-state index in [2.05, 4.69) is 45.9 Å². The summed E-state index contributed by atoms with van der Waals surface area (Å²) in [7, 11) is 1.74. The van der Waals surface area contributed by atoms with Crippen LogP contribution in [0.4, 0.5) is 0 Å². The van der Waals surface area contributed by atoms with E-state index in [4.69, 9.17) is 9.84 Å². The molecule has 1 unspecified atom stereocenters. The molecule has 0 spiro atoms. The highest BCUT2D eigenvalue weighted by Gasteiger charge is 2.26. The summed E-state index contributed by atoms with van der Waals surface area (Å²) >= 11 is 0. The van der Waals surface area contributed by atoms with Gasteiger partial charge in [0.2, 0.25) is 0 Å².